The topological polar surface area (TPSA) is 24.4 Å². The fourth-order valence-corrected chi connectivity index (χ4v) is 4.71. The van der Waals surface area contributed by atoms with Crippen molar-refractivity contribution in [3.05, 3.63) is 23.8 Å². The van der Waals surface area contributed by atoms with E-state index < -0.39 is 0 Å². The summed E-state index contributed by atoms with van der Waals surface area (Å²) < 4.78 is 1.20. The zero-order valence-electron chi connectivity index (χ0n) is 9.90. The van der Waals surface area contributed by atoms with Gasteiger partial charge in [-0.05, 0) is 53.5 Å². The van der Waals surface area contributed by atoms with E-state index in [4.69, 9.17) is 0 Å². The van der Waals surface area contributed by atoms with Crippen molar-refractivity contribution in [2.75, 3.05) is 6.54 Å². The van der Waals surface area contributed by atoms with Crippen LogP contribution in [0.25, 0.3) is 0 Å². The van der Waals surface area contributed by atoms with E-state index in [-0.39, 0.29) is 0 Å². The summed E-state index contributed by atoms with van der Waals surface area (Å²) in [7, 11) is 0. The molecule has 3 rings (SSSR count). The van der Waals surface area contributed by atoms with Gasteiger partial charge in [-0.2, -0.15) is 0 Å². The van der Waals surface area contributed by atoms with Gasteiger partial charge in [0, 0.05) is 6.04 Å². The second-order valence-electron chi connectivity index (χ2n) is 5.12. The first kappa shape index (κ1) is 12.2. The Morgan fingerprint density at radius 1 is 1.47 bits per heavy atom. The van der Waals surface area contributed by atoms with E-state index in [1.807, 2.05) is 11.8 Å². The lowest BCUT2D eigenvalue weighted by Crippen LogP contribution is -2.39. The van der Waals surface area contributed by atoms with E-state index in [1.165, 1.54) is 21.5 Å². The molecule has 2 aliphatic heterocycles. The van der Waals surface area contributed by atoms with E-state index in [9.17, 15) is 0 Å². The second kappa shape index (κ2) is 5.05. The quantitative estimate of drug-likeness (QED) is 0.727. The van der Waals surface area contributed by atoms with Gasteiger partial charge >= 0.3 is 0 Å². The SMILES string of the molecule is CC1CCC(C2=C[C@@H]3N=C(I)SC3C=C2)NC1. The molecule has 2 heterocycles. The minimum Gasteiger partial charge on any atom is -0.310 e. The van der Waals surface area contributed by atoms with Crippen LogP contribution in [0.15, 0.2) is 28.8 Å². The molecule has 1 saturated heterocycles. The molecule has 17 heavy (non-hydrogen) atoms. The predicted octanol–water partition coefficient (Wildman–Crippen LogP) is 3.15. The van der Waals surface area contributed by atoms with Crippen LogP contribution in [0.1, 0.15) is 19.8 Å². The smallest absolute Gasteiger partial charge is 0.130 e. The third kappa shape index (κ3) is 2.63. The van der Waals surface area contributed by atoms with Gasteiger partial charge in [0.05, 0.1) is 11.3 Å². The van der Waals surface area contributed by atoms with Crippen molar-refractivity contribution in [1.82, 2.24) is 5.32 Å². The molecular weight excluding hydrogens is 343 g/mol. The van der Waals surface area contributed by atoms with Crippen molar-refractivity contribution in [2.24, 2.45) is 10.9 Å². The third-order valence-corrected chi connectivity index (χ3v) is 5.77. The molecule has 0 aromatic heterocycles. The first-order valence-corrected chi connectivity index (χ1v) is 8.21. The molecule has 0 saturated carbocycles. The Bertz CT molecular complexity index is 394. The van der Waals surface area contributed by atoms with Crippen molar-refractivity contribution in [3.63, 3.8) is 0 Å². The number of piperidine rings is 1. The Labute approximate surface area is 121 Å². The van der Waals surface area contributed by atoms with E-state index in [2.05, 4.69) is 58.1 Å². The zero-order chi connectivity index (χ0) is 11.8. The molecule has 0 aromatic rings. The van der Waals surface area contributed by atoms with E-state index in [0.717, 1.165) is 12.5 Å². The summed E-state index contributed by atoms with van der Waals surface area (Å²) in [6, 6.07) is 0.940. The number of hydrogen-bond donors (Lipinski definition) is 1. The highest BCUT2D eigenvalue weighted by molar-refractivity contribution is 14.1. The van der Waals surface area contributed by atoms with Crippen LogP contribution in [0.3, 0.4) is 0 Å². The summed E-state index contributed by atoms with van der Waals surface area (Å²) in [5.41, 5.74) is 1.45. The highest BCUT2D eigenvalue weighted by Crippen LogP contribution is 2.36. The first-order chi connectivity index (χ1) is 8.22. The Hall–Kier alpha value is 0.190. The number of nitrogens with one attached hydrogen (secondary N) is 1. The molecule has 0 radical (unpaired) electrons. The van der Waals surface area contributed by atoms with Crippen LogP contribution in [0.2, 0.25) is 0 Å². The van der Waals surface area contributed by atoms with Crippen molar-refractivity contribution < 1.29 is 0 Å². The van der Waals surface area contributed by atoms with Crippen LogP contribution >= 0.6 is 34.4 Å². The number of hydrogen-bond acceptors (Lipinski definition) is 3. The lowest BCUT2D eigenvalue weighted by atomic mass is 9.89. The Balaban J connectivity index is 1.72. The summed E-state index contributed by atoms with van der Waals surface area (Å²) in [5, 5.41) is 4.20. The van der Waals surface area contributed by atoms with Gasteiger partial charge in [0.2, 0.25) is 0 Å². The maximum atomic E-state index is 4.68. The minimum atomic E-state index is 0.382. The molecule has 3 unspecified atom stereocenters. The summed E-state index contributed by atoms with van der Waals surface area (Å²) in [6.07, 6.45) is 9.62. The van der Waals surface area contributed by atoms with Crippen LogP contribution in [0.5, 0.6) is 0 Å². The highest BCUT2D eigenvalue weighted by atomic mass is 127. The van der Waals surface area contributed by atoms with Gasteiger partial charge in [0.1, 0.15) is 3.05 Å². The van der Waals surface area contributed by atoms with Gasteiger partial charge in [-0.3, -0.25) is 4.99 Å². The average Bonchev–Trinajstić information content (AvgIpc) is 2.69. The highest BCUT2D eigenvalue weighted by Gasteiger charge is 2.30. The number of thioether (sulfide) groups is 1. The van der Waals surface area contributed by atoms with Gasteiger partial charge in [0.25, 0.3) is 0 Å². The summed E-state index contributed by atoms with van der Waals surface area (Å²) in [5.74, 6) is 0.827. The van der Waals surface area contributed by atoms with Crippen LogP contribution in [-0.2, 0) is 0 Å². The molecule has 0 aromatic carbocycles. The van der Waals surface area contributed by atoms with E-state index in [1.54, 1.807) is 0 Å². The van der Waals surface area contributed by atoms with E-state index in [0.29, 0.717) is 17.3 Å². The maximum absolute atomic E-state index is 4.68. The number of halogens is 1. The monoisotopic (exact) mass is 360 g/mol. The van der Waals surface area contributed by atoms with Crippen molar-refractivity contribution in [2.45, 2.75) is 37.1 Å². The van der Waals surface area contributed by atoms with Crippen molar-refractivity contribution in [1.29, 1.82) is 0 Å². The standard InChI is InChI=1S/C13H17IN2S/c1-8-2-4-10(15-7-8)9-3-5-12-11(6-9)16-13(14)17-12/h3,5-6,8,10-12,15H,2,4,7H2,1H3/t8?,10?,11-,12?/m0/s1. The minimum absolute atomic E-state index is 0.382. The number of rotatable bonds is 1. The molecule has 0 bridgehead atoms. The Morgan fingerprint density at radius 2 is 2.35 bits per heavy atom. The Kier molecular flexibility index (Phi) is 3.64. The molecule has 92 valence electrons. The molecular formula is C13H17IN2S. The summed E-state index contributed by atoms with van der Waals surface area (Å²) in [6.45, 7) is 3.48. The Morgan fingerprint density at radius 3 is 3.12 bits per heavy atom. The van der Waals surface area contributed by atoms with Gasteiger partial charge in [-0.1, -0.05) is 36.9 Å². The zero-order valence-corrected chi connectivity index (χ0v) is 12.9. The summed E-state index contributed by atoms with van der Waals surface area (Å²) >= 11 is 4.22. The summed E-state index contributed by atoms with van der Waals surface area (Å²) in [4.78, 5) is 4.68. The van der Waals surface area contributed by atoms with Gasteiger partial charge < -0.3 is 5.32 Å². The average molecular weight is 360 g/mol. The lowest BCUT2D eigenvalue weighted by Gasteiger charge is -2.30. The van der Waals surface area contributed by atoms with Gasteiger partial charge in [0.15, 0.2) is 0 Å². The molecule has 4 atom stereocenters. The van der Waals surface area contributed by atoms with Crippen molar-refractivity contribution >= 4 is 37.4 Å². The molecule has 1 fully saturated rings. The van der Waals surface area contributed by atoms with Crippen LogP contribution < -0.4 is 5.32 Å². The normalized spacial score (nSPS) is 40.8. The second-order valence-corrected chi connectivity index (χ2v) is 8.04. The molecule has 1 aliphatic carbocycles. The number of fused-ring (bicyclic) bond motifs is 1. The van der Waals surface area contributed by atoms with Gasteiger partial charge in [-0.25, -0.2) is 0 Å². The van der Waals surface area contributed by atoms with Gasteiger partial charge in [-0.15, -0.1) is 0 Å². The molecule has 0 spiro atoms. The van der Waals surface area contributed by atoms with Crippen molar-refractivity contribution in [3.8, 4) is 0 Å². The third-order valence-electron chi connectivity index (χ3n) is 3.73. The molecule has 3 aliphatic rings. The molecule has 0 amide bonds. The maximum Gasteiger partial charge on any atom is 0.130 e. The molecule has 2 nitrogen and oxygen atoms in total. The largest absolute Gasteiger partial charge is 0.310 e. The van der Waals surface area contributed by atoms with Crippen LogP contribution in [0, 0.1) is 5.92 Å². The fourth-order valence-electron chi connectivity index (χ4n) is 2.66. The number of nitrogens with zero attached hydrogens (tertiary/aromatic N) is 1. The lowest BCUT2D eigenvalue weighted by molar-refractivity contribution is 0.355. The predicted molar refractivity (Wildman–Crippen MR) is 84.0 cm³/mol. The molecule has 4 heteroatoms. The number of aliphatic imine (C=N–C) groups is 1. The molecule has 1 N–H and O–H groups in total. The van der Waals surface area contributed by atoms with Crippen LogP contribution in [0.4, 0.5) is 0 Å². The first-order valence-electron chi connectivity index (χ1n) is 6.25. The van der Waals surface area contributed by atoms with Crippen LogP contribution in [-0.4, -0.2) is 26.9 Å². The fraction of sp³-hybridized carbons (Fsp3) is 0.615. The van der Waals surface area contributed by atoms with E-state index >= 15 is 0 Å².